The molecule has 102 valence electrons. The van der Waals surface area contributed by atoms with Gasteiger partial charge in [0.25, 0.3) is 0 Å². The van der Waals surface area contributed by atoms with Gasteiger partial charge in [-0.05, 0) is 19.1 Å². The Balaban J connectivity index is 2.44. The van der Waals surface area contributed by atoms with Gasteiger partial charge in [-0.15, -0.1) is 0 Å². The fraction of sp³-hybridized carbons (Fsp3) is 0.583. The first-order chi connectivity index (χ1) is 8.43. The highest BCUT2D eigenvalue weighted by Crippen LogP contribution is 2.10. The highest BCUT2D eigenvalue weighted by Gasteiger charge is 2.07. The van der Waals surface area contributed by atoms with E-state index in [4.69, 9.17) is 10.5 Å². The van der Waals surface area contributed by atoms with Crippen molar-refractivity contribution < 1.29 is 13.2 Å². The normalized spacial score (nSPS) is 13.3. The molecule has 0 fully saturated rings. The maximum absolute atomic E-state index is 11.3. The van der Waals surface area contributed by atoms with Gasteiger partial charge in [-0.1, -0.05) is 6.92 Å². The molecule has 0 radical (unpaired) electrons. The van der Waals surface area contributed by atoms with Gasteiger partial charge in [0.15, 0.2) is 9.84 Å². The highest BCUT2D eigenvalue weighted by atomic mass is 32.2. The number of hydrogen-bond acceptors (Lipinski definition) is 5. The predicted octanol–water partition coefficient (Wildman–Crippen LogP) is 0.785. The van der Waals surface area contributed by atoms with Gasteiger partial charge < -0.3 is 10.5 Å². The number of aromatic nitrogens is 1. The maximum Gasteiger partial charge on any atom is 0.153 e. The molecule has 0 aromatic carbocycles. The van der Waals surface area contributed by atoms with Crippen LogP contribution in [0.3, 0.4) is 0 Å². The van der Waals surface area contributed by atoms with E-state index in [2.05, 4.69) is 4.98 Å². The molecule has 0 aliphatic heterocycles. The Bertz CT molecular complexity index is 455. The Morgan fingerprint density at radius 2 is 2.17 bits per heavy atom. The third-order valence-electron chi connectivity index (χ3n) is 2.43. The number of hydrogen-bond donors (Lipinski definition) is 1. The first-order valence-corrected chi connectivity index (χ1v) is 7.79. The Morgan fingerprint density at radius 3 is 2.67 bits per heavy atom. The summed E-state index contributed by atoms with van der Waals surface area (Å²) in [5.74, 6) is 0.752. The minimum atomic E-state index is -2.98. The molecule has 0 saturated heterocycles. The van der Waals surface area contributed by atoms with E-state index in [-0.39, 0.29) is 24.2 Å². The lowest BCUT2D eigenvalue weighted by atomic mass is 10.2. The summed E-state index contributed by atoms with van der Waals surface area (Å²) in [7, 11) is -2.98. The second kappa shape index (κ2) is 6.70. The van der Waals surface area contributed by atoms with E-state index in [9.17, 15) is 8.42 Å². The average Bonchev–Trinajstić information content (AvgIpc) is 2.30. The van der Waals surface area contributed by atoms with Crippen molar-refractivity contribution >= 4 is 9.84 Å². The summed E-state index contributed by atoms with van der Waals surface area (Å²) in [6, 6.07) is 3.69. The van der Waals surface area contributed by atoms with E-state index < -0.39 is 9.84 Å². The Morgan fingerprint density at radius 1 is 1.44 bits per heavy atom. The van der Waals surface area contributed by atoms with Crippen LogP contribution in [0.25, 0.3) is 0 Å². The van der Waals surface area contributed by atoms with Gasteiger partial charge in [0.2, 0.25) is 0 Å². The summed E-state index contributed by atoms with van der Waals surface area (Å²) < 4.78 is 27.8. The fourth-order valence-corrected chi connectivity index (χ4v) is 2.00. The lowest BCUT2D eigenvalue weighted by Gasteiger charge is -2.07. The molecule has 0 saturated carbocycles. The standard InChI is InChI=1S/C12H20N2O3S/c1-3-18(15,16)7-6-17-12-5-4-11(14-9-12)8-10(2)13/h4-5,9-10H,3,6-8,13H2,1-2H3. The minimum absolute atomic E-state index is 0.0328. The van der Waals surface area contributed by atoms with Gasteiger partial charge in [0, 0.05) is 23.9 Å². The molecule has 0 aliphatic carbocycles. The molecule has 0 spiro atoms. The van der Waals surface area contributed by atoms with Gasteiger partial charge in [0.1, 0.15) is 12.4 Å². The number of nitrogens with two attached hydrogens (primary N) is 1. The number of rotatable bonds is 7. The molecule has 1 aromatic rings. The SMILES string of the molecule is CCS(=O)(=O)CCOc1ccc(CC(C)N)nc1. The molecular weight excluding hydrogens is 252 g/mol. The van der Waals surface area contributed by atoms with Crippen molar-refractivity contribution in [2.75, 3.05) is 18.1 Å². The van der Waals surface area contributed by atoms with Crippen LogP contribution in [0.15, 0.2) is 18.3 Å². The van der Waals surface area contributed by atoms with Crippen molar-refractivity contribution in [1.29, 1.82) is 0 Å². The molecule has 1 atom stereocenters. The maximum atomic E-state index is 11.3. The van der Waals surface area contributed by atoms with Gasteiger partial charge >= 0.3 is 0 Å². The first kappa shape index (κ1) is 14.9. The van der Waals surface area contributed by atoms with Crippen LogP contribution in [0.5, 0.6) is 5.75 Å². The molecule has 1 heterocycles. The van der Waals surface area contributed by atoms with E-state index >= 15 is 0 Å². The van der Waals surface area contributed by atoms with Crippen LogP contribution in [-0.2, 0) is 16.3 Å². The van der Waals surface area contributed by atoms with Crippen molar-refractivity contribution in [2.24, 2.45) is 5.73 Å². The van der Waals surface area contributed by atoms with Crippen LogP contribution >= 0.6 is 0 Å². The number of nitrogens with zero attached hydrogens (tertiary/aromatic N) is 1. The Kier molecular flexibility index (Phi) is 5.55. The molecular formula is C12H20N2O3S. The topological polar surface area (TPSA) is 82.3 Å². The summed E-state index contributed by atoms with van der Waals surface area (Å²) >= 11 is 0. The molecule has 0 bridgehead atoms. The number of pyridine rings is 1. The van der Waals surface area contributed by atoms with Crippen LogP contribution in [-0.4, -0.2) is 37.6 Å². The number of sulfone groups is 1. The summed E-state index contributed by atoms with van der Waals surface area (Å²) in [6.45, 7) is 3.70. The van der Waals surface area contributed by atoms with Crippen molar-refractivity contribution in [3.05, 3.63) is 24.0 Å². The Hall–Kier alpha value is -1.14. The van der Waals surface area contributed by atoms with Crippen LogP contribution in [0.4, 0.5) is 0 Å². The molecule has 2 N–H and O–H groups in total. The van der Waals surface area contributed by atoms with E-state index in [1.807, 2.05) is 13.0 Å². The van der Waals surface area contributed by atoms with Crippen LogP contribution in [0.2, 0.25) is 0 Å². The zero-order chi connectivity index (χ0) is 13.6. The zero-order valence-corrected chi connectivity index (χ0v) is 11.6. The molecule has 5 nitrogen and oxygen atoms in total. The summed E-state index contributed by atoms with van der Waals surface area (Å²) in [4.78, 5) is 4.20. The second-order valence-electron chi connectivity index (χ2n) is 4.25. The monoisotopic (exact) mass is 272 g/mol. The molecule has 1 unspecified atom stereocenters. The molecule has 0 amide bonds. The lowest BCUT2D eigenvalue weighted by molar-refractivity contribution is 0.339. The molecule has 0 aliphatic rings. The van der Waals surface area contributed by atoms with Crippen molar-refractivity contribution in [3.63, 3.8) is 0 Å². The molecule has 1 rings (SSSR count). The highest BCUT2D eigenvalue weighted by molar-refractivity contribution is 7.91. The molecule has 1 aromatic heterocycles. The smallest absolute Gasteiger partial charge is 0.153 e. The Labute approximate surface area is 108 Å². The fourth-order valence-electron chi connectivity index (χ4n) is 1.38. The van der Waals surface area contributed by atoms with Gasteiger partial charge in [-0.2, -0.15) is 0 Å². The van der Waals surface area contributed by atoms with E-state index in [1.54, 1.807) is 19.2 Å². The van der Waals surface area contributed by atoms with Crippen molar-refractivity contribution in [2.45, 2.75) is 26.3 Å². The van der Waals surface area contributed by atoms with E-state index in [0.29, 0.717) is 12.2 Å². The van der Waals surface area contributed by atoms with E-state index in [1.165, 1.54) is 0 Å². The summed E-state index contributed by atoms with van der Waals surface area (Å²) in [5, 5.41) is 0. The van der Waals surface area contributed by atoms with Crippen LogP contribution < -0.4 is 10.5 Å². The predicted molar refractivity (Wildman–Crippen MR) is 71.4 cm³/mol. The largest absolute Gasteiger partial charge is 0.491 e. The average molecular weight is 272 g/mol. The zero-order valence-electron chi connectivity index (χ0n) is 10.8. The molecule has 18 heavy (non-hydrogen) atoms. The number of ether oxygens (including phenoxy) is 1. The van der Waals surface area contributed by atoms with Crippen LogP contribution in [0.1, 0.15) is 19.5 Å². The first-order valence-electron chi connectivity index (χ1n) is 5.96. The minimum Gasteiger partial charge on any atom is -0.491 e. The van der Waals surface area contributed by atoms with Gasteiger partial charge in [0.05, 0.1) is 11.9 Å². The van der Waals surface area contributed by atoms with E-state index in [0.717, 1.165) is 5.69 Å². The third kappa shape index (κ3) is 5.46. The van der Waals surface area contributed by atoms with Crippen molar-refractivity contribution in [1.82, 2.24) is 4.98 Å². The second-order valence-corrected chi connectivity index (χ2v) is 6.72. The molecule has 6 heteroatoms. The summed E-state index contributed by atoms with van der Waals surface area (Å²) in [5.41, 5.74) is 6.57. The third-order valence-corrected chi connectivity index (χ3v) is 4.10. The quantitative estimate of drug-likeness (QED) is 0.793. The van der Waals surface area contributed by atoms with Gasteiger partial charge in [-0.25, -0.2) is 8.42 Å². The van der Waals surface area contributed by atoms with Gasteiger partial charge in [-0.3, -0.25) is 4.98 Å². The van der Waals surface area contributed by atoms with Crippen LogP contribution in [0, 0.1) is 0 Å². The lowest BCUT2D eigenvalue weighted by Crippen LogP contribution is -2.18. The summed E-state index contributed by atoms with van der Waals surface area (Å²) in [6.07, 6.45) is 2.31. The van der Waals surface area contributed by atoms with Crippen molar-refractivity contribution in [3.8, 4) is 5.75 Å².